The Bertz CT molecular complexity index is 323. The van der Waals surface area contributed by atoms with E-state index in [0.717, 1.165) is 6.21 Å². The summed E-state index contributed by atoms with van der Waals surface area (Å²) >= 11 is 0. The van der Waals surface area contributed by atoms with E-state index in [0.29, 0.717) is 17.8 Å². The third-order valence-corrected chi connectivity index (χ3v) is 1.69. The van der Waals surface area contributed by atoms with Crippen molar-refractivity contribution in [3.8, 4) is 0 Å². The molecule has 1 rings (SSSR count). The van der Waals surface area contributed by atoms with Crippen LogP contribution in [-0.2, 0) is 0 Å². The fraction of sp³-hybridized carbons (Fsp3) is 0.222. The Morgan fingerprint density at radius 2 is 2.31 bits per heavy atom. The molecule has 0 aromatic heterocycles. The second-order valence-electron chi connectivity index (χ2n) is 2.63. The average molecular weight is 181 g/mol. The lowest BCUT2D eigenvalue weighted by atomic mass is 10.1. The Hall–Kier alpha value is -1.58. The number of anilines is 2. The predicted octanol–water partition coefficient (Wildman–Crippen LogP) is 1.84. The van der Waals surface area contributed by atoms with Crippen LogP contribution in [0.15, 0.2) is 12.1 Å². The molecule has 0 bridgehead atoms. The third-order valence-electron chi connectivity index (χ3n) is 1.69. The van der Waals surface area contributed by atoms with Gasteiger partial charge in [0.15, 0.2) is 0 Å². The highest BCUT2D eigenvalue weighted by atomic mass is 19.1. The van der Waals surface area contributed by atoms with Gasteiger partial charge in [0.25, 0.3) is 0 Å². The van der Waals surface area contributed by atoms with E-state index >= 15 is 0 Å². The zero-order chi connectivity index (χ0) is 9.84. The molecule has 0 atom stereocenters. The quantitative estimate of drug-likeness (QED) is 0.492. The van der Waals surface area contributed by atoms with Crippen LogP contribution < -0.4 is 11.1 Å². The van der Waals surface area contributed by atoms with E-state index in [-0.39, 0.29) is 11.5 Å². The lowest BCUT2D eigenvalue weighted by Crippen LogP contribution is -2.04. The molecule has 13 heavy (non-hydrogen) atoms. The fourth-order valence-electron chi connectivity index (χ4n) is 1.14. The van der Waals surface area contributed by atoms with E-state index in [2.05, 4.69) is 5.32 Å². The van der Waals surface area contributed by atoms with Crippen molar-refractivity contribution in [3.63, 3.8) is 0 Å². The van der Waals surface area contributed by atoms with E-state index < -0.39 is 0 Å². The van der Waals surface area contributed by atoms with Crippen molar-refractivity contribution in [2.24, 2.45) is 0 Å². The molecule has 1 aromatic carbocycles. The molecule has 0 aliphatic heterocycles. The maximum absolute atomic E-state index is 12.9. The highest BCUT2D eigenvalue weighted by Crippen LogP contribution is 2.21. The summed E-state index contributed by atoms with van der Waals surface area (Å²) in [4.78, 5) is 0. The summed E-state index contributed by atoms with van der Waals surface area (Å²) < 4.78 is 12.9. The molecule has 0 saturated heterocycles. The van der Waals surface area contributed by atoms with Crippen LogP contribution in [0.2, 0.25) is 0 Å². The number of nitrogens with one attached hydrogen (secondary N) is 2. The maximum atomic E-state index is 12.9. The molecule has 0 amide bonds. The van der Waals surface area contributed by atoms with E-state index in [1.54, 1.807) is 0 Å². The van der Waals surface area contributed by atoms with E-state index in [4.69, 9.17) is 11.1 Å². The predicted molar refractivity (Wildman–Crippen MR) is 52.9 cm³/mol. The van der Waals surface area contributed by atoms with Gasteiger partial charge in [0.2, 0.25) is 0 Å². The van der Waals surface area contributed by atoms with Crippen LogP contribution in [-0.4, -0.2) is 12.8 Å². The van der Waals surface area contributed by atoms with Crippen molar-refractivity contribution in [2.75, 3.05) is 17.6 Å². The minimum absolute atomic E-state index is 0.283. The SMILES string of the molecule is CCNc1cc(F)cc(N)c1C=N. The van der Waals surface area contributed by atoms with Gasteiger partial charge >= 0.3 is 0 Å². The number of halogens is 1. The van der Waals surface area contributed by atoms with Gasteiger partial charge in [-0.05, 0) is 19.1 Å². The molecule has 1 aromatic rings. The number of nitrogen functional groups attached to an aromatic ring is 1. The first-order chi connectivity index (χ1) is 6.19. The molecule has 4 N–H and O–H groups in total. The molecule has 0 spiro atoms. The number of hydrogen-bond donors (Lipinski definition) is 3. The second-order valence-corrected chi connectivity index (χ2v) is 2.63. The van der Waals surface area contributed by atoms with Gasteiger partial charge in [-0.2, -0.15) is 0 Å². The Balaban J connectivity index is 3.20. The van der Waals surface area contributed by atoms with Crippen LogP contribution in [0.3, 0.4) is 0 Å². The smallest absolute Gasteiger partial charge is 0.127 e. The largest absolute Gasteiger partial charge is 0.398 e. The van der Waals surface area contributed by atoms with Crippen molar-refractivity contribution in [1.82, 2.24) is 0 Å². The first kappa shape index (κ1) is 9.51. The minimum Gasteiger partial charge on any atom is -0.398 e. The van der Waals surface area contributed by atoms with Crippen molar-refractivity contribution in [3.05, 3.63) is 23.5 Å². The van der Waals surface area contributed by atoms with Crippen molar-refractivity contribution >= 4 is 17.6 Å². The molecule has 0 unspecified atom stereocenters. The van der Waals surface area contributed by atoms with Crippen LogP contribution in [0.5, 0.6) is 0 Å². The molecule has 0 aliphatic carbocycles. The first-order valence-electron chi connectivity index (χ1n) is 4.02. The molecular weight excluding hydrogens is 169 g/mol. The summed E-state index contributed by atoms with van der Waals surface area (Å²) in [5.74, 6) is -0.390. The molecule has 0 saturated carbocycles. The summed E-state index contributed by atoms with van der Waals surface area (Å²) in [5, 5.41) is 10.0. The fourth-order valence-corrected chi connectivity index (χ4v) is 1.14. The van der Waals surface area contributed by atoms with Crippen molar-refractivity contribution in [1.29, 1.82) is 5.41 Å². The molecule has 0 fully saturated rings. The monoisotopic (exact) mass is 181 g/mol. The van der Waals surface area contributed by atoms with Crippen LogP contribution in [0.25, 0.3) is 0 Å². The van der Waals surface area contributed by atoms with Crippen molar-refractivity contribution in [2.45, 2.75) is 6.92 Å². The van der Waals surface area contributed by atoms with Gasteiger partial charge in [0.1, 0.15) is 5.82 Å². The Kier molecular flexibility index (Phi) is 2.84. The van der Waals surface area contributed by atoms with Crippen LogP contribution in [0.1, 0.15) is 12.5 Å². The summed E-state index contributed by atoms with van der Waals surface area (Å²) in [5.41, 5.74) is 6.91. The lowest BCUT2D eigenvalue weighted by Gasteiger charge is -2.09. The van der Waals surface area contributed by atoms with Gasteiger partial charge in [0.05, 0.1) is 0 Å². The molecule has 0 radical (unpaired) electrons. The topological polar surface area (TPSA) is 61.9 Å². The summed E-state index contributed by atoms with van der Waals surface area (Å²) in [6.45, 7) is 2.57. The molecule has 3 nitrogen and oxygen atoms in total. The molecule has 0 heterocycles. The normalized spacial score (nSPS) is 9.69. The van der Waals surface area contributed by atoms with Gasteiger partial charge in [-0.25, -0.2) is 4.39 Å². The van der Waals surface area contributed by atoms with E-state index in [1.807, 2.05) is 6.92 Å². The van der Waals surface area contributed by atoms with Crippen molar-refractivity contribution < 1.29 is 4.39 Å². The number of nitrogens with two attached hydrogens (primary N) is 1. The molecule has 70 valence electrons. The Morgan fingerprint density at radius 1 is 1.62 bits per heavy atom. The molecule has 0 aliphatic rings. The van der Waals surface area contributed by atoms with Gasteiger partial charge in [-0.1, -0.05) is 0 Å². The zero-order valence-electron chi connectivity index (χ0n) is 7.39. The van der Waals surface area contributed by atoms with Crippen LogP contribution in [0.4, 0.5) is 15.8 Å². The maximum Gasteiger partial charge on any atom is 0.127 e. The standard InChI is InChI=1S/C9H12FN3/c1-2-13-9-4-6(10)3-8(12)7(9)5-11/h3-5,11,13H,2,12H2,1H3. The summed E-state index contributed by atoms with van der Waals surface area (Å²) in [6, 6.07) is 2.54. The summed E-state index contributed by atoms with van der Waals surface area (Å²) in [7, 11) is 0. The van der Waals surface area contributed by atoms with Gasteiger partial charge in [0, 0.05) is 29.7 Å². The average Bonchev–Trinajstić information content (AvgIpc) is 2.04. The summed E-state index contributed by atoms with van der Waals surface area (Å²) in [6.07, 6.45) is 1.12. The molecule has 4 heteroatoms. The minimum atomic E-state index is -0.390. The molecular formula is C9H12FN3. The Labute approximate surface area is 76.3 Å². The Morgan fingerprint density at radius 3 is 2.85 bits per heavy atom. The van der Waals surface area contributed by atoms with Gasteiger partial charge < -0.3 is 16.5 Å². The third kappa shape index (κ3) is 1.96. The van der Waals surface area contributed by atoms with Gasteiger partial charge in [-0.3, -0.25) is 0 Å². The first-order valence-corrected chi connectivity index (χ1v) is 4.02. The highest BCUT2D eigenvalue weighted by Gasteiger charge is 2.05. The number of benzene rings is 1. The number of hydrogen-bond acceptors (Lipinski definition) is 3. The van der Waals surface area contributed by atoms with E-state index in [9.17, 15) is 4.39 Å². The van der Waals surface area contributed by atoms with Gasteiger partial charge in [-0.15, -0.1) is 0 Å². The van der Waals surface area contributed by atoms with Crippen LogP contribution >= 0.6 is 0 Å². The second kappa shape index (κ2) is 3.89. The van der Waals surface area contributed by atoms with Crippen LogP contribution in [0, 0.1) is 11.2 Å². The highest BCUT2D eigenvalue weighted by molar-refractivity contribution is 5.92. The zero-order valence-corrected chi connectivity index (χ0v) is 7.39. The number of rotatable bonds is 3. The lowest BCUT2D eigenvalue weighted by molar-refractivity contribution is 0.629. The van der Waals surface area contributed by atoms with E-state index in [1.165, 1.54) is 12.1 Å².